The van der Waals surface area contributed by atoms with Crippen LogP contribution in [0.4, 0.5) is 4.39 Å². The Morgan fingerprint density at radius 1 is 1.22 bits per heavy atom. The summed E-state index contributed by atoms with van der Waals surface area (Å²) in [6.45, 7) is 0.529. The van der Waals surface area contributed by atoms with Crippen LogP contribution in [0.1, 0.15) is 43.7 Å². The van der Waals surface area contributed by atoms with E-state index in [1.54, 1.807) is 24.1 Å². The monoisotopic (exact) mass is 322 g/mol. The Morgan fingerprint density at radius 2 is 1.78 bits per heavy atom. The van der Waals surface area contributed by atoms with Crippen molar-refractivity contribution in [2.45, 2.75) is 43.7 Å². The predicted octanol–water partition coefficient (Wildman–Crippen LogP) is 2.58. The molecule has 1 amide bonds. The standard InChI is InChI=1S/C18H27FN2O2/c1-20(2)16(14-6-8-15(19)9-7-14)17(22)21(3)13-12-18(23)10-4-5-11-18/h6-9,16,23H,4-5,10-13H2,1-3H3/t16-/m1/s1. The predicted molar refractivity (Wildman–Crippen MR) is 88.5 cm³/mol. The average molecular weight is 322 g/mol. The molecule has 1 aliphatic carbocycles. The number of rotatable bonds is 6. The Labute approximate surface area is 137 Å². The number of aliphatic hydroxyl groups is 1. The van der Waals surface area contributed by atoms with E-state index >= 15 is 0 Å². The van der Waals surface area contributed by atoms with Crippen molar-refractivity contribution in [3.05, 3.63) is 35.6 Å². The topological polar surface area (TPSA) is 43.8 Å². The minimum Gasteiger partial charge on any atom is -0.390 e. The van der Waals surface area contributed by atoms with E-state index in [2.05, 4.69) is 0 Å². The van der Waals surface area contributed by atoms with E-state index in [0.29, 0.717) is 13.0 Å². The summed E-state index contributed by atoms with van der Waals surface area (Å²) in [6, 6.07) is 5.60. The van der Waals surface area contributed by atoms with Crippen molar-refractivity contribution < 1.29 is 14.3 Å². The van der Waals surface area contributed by atoms with Crippen LogP contribution in [0.3, 0.4) is 0 Å². The van der Waals surface area contributed by atoms with E-state index in [4.69, 9.17) is 0 Å². The van der Waals surface area contributed by atoms with Gasteiger partial charge in [-0.15, -0.1) is 0 Å². The summed E-state index contributed by atoms with van der Waals surface area (Å²) in [4.78, 5) is 16.3. The van der Waals surface area contributed by atoms with Crippen LogP contribution in [0.2, 0.25) is 0 Å². The van der Waals surface area contributed by atoms with Crippen molar-refractivity contribution >= 4 is 5.91 Å². The molecule has 0 spiro atoms. The minimum atomic E-state index is -0.613. The molecule has 4 nitrogen and oxygen atoms in total. The molecule has 2 rings (SSSR count). The molecule has 1 atom stereocenters. The Balaban J connectivity index is 2.03. The molecule has 1 fully saturated rings. The summed E-state index contributed by atoms with van der Waals surface area (Å²) < 4.78 is 13.1. The third-order valence-electron chi connectivity index (χ3n) is 4.76. The fourth-order valence-corrected chi connectivity index (χ4v) is 3.28. The molecule has 0 unspecified atom stereocenters. The SMILES string of the molecule is CN(CCC1(O)CCCC1)C(=O)[C@@H](c1ccc(F)cc1)N(C)C. The second-order valence-corrected chi connectivity index (χ2v) is 6.86. The molecule has 0 aliphatic heterocycles. The molecule has 0 bridgehead atoms. The van der Waals surface area contributed by atoms with Crippen molar-refractivity contribution in [1.82, 2.24) is 9.80 Å². The molecule has 0 radical (unpaired) electrons. The van der Waals surface area contributed by atoms with Crippen LogP contribution >= 0.6 is 0 Å². The Morgan fingerprint density at radius 3 is 2.30 bits per heavy atom. The second kappa shape index (κ2) is 7.41. The molecule has 5 heteroatoms. The zero-order valence-corrected chi connectivity index (χ0v) is 14.3. The molecule has 1 aliphatic rings. The summed E-state index contributed by atoms with van der Waals surface area (Å²) in [6.07, 6.45) is 4.38. The summed E-state index contributed by atoms with van der Waals surface area (Å²) >= 11 is 0. The first-order valence-electron chi connectivity index (χ1n) is 8.22. The molecule has 0 heterocycles. The van der Waals surface area contributed by atoms with E-state index in [0.717, 1.165) is 31.2 Å². The lowest BCUT2D eigenvalue weighted by Crippen LogP contribution is -2.41. The Bertz CT molecular complexity index is 524. The number of hydrogen-bond acceptors (Lipinski definition) is 3. The van der Waals surface area contributed by atoms with Crippen LogP contribution in [0.5, 0.6) is 0 Å². The third-order valence-corrected chi connectivity index (χ3v) is 4.76. The van der Waals surface area contributed by atoms with E-state index in [-0.39, 0.29) is 11.7 Å². The molecule has 23 heavy (non-hydrogen) atoms. The first-order chi connectivity index (χ1) is 10.8. The van der Waals surface area contributed by atoms with Gasteiger partial charge in [-0.3, -0.25) is 9.69 Å². The second-order valence-electron chi connectivity index (χ2n) is 6.86. The quantitative estimate of drug-likeness (QED) is 0.875. The van der Waals surface area contributed by atoms with Gasteiger partial charge in [-0.1, -0.05) is 25.0 Å². The zero-order chi connectivity index (χ0) is 17.0. The van der Waals surface area contributed by atoms with Gasteiger partial charge in [0.15, 0.2) is 0 Å². The Kier molecular flexibility index (Phi) is 5.76. The highest BCUT2D eigenvalue weighted by molar-refractivity contribution is 5.83. The van der Waals surface area contributed by atoms with Crippen molar-refractivity contribution in [2.75, 3.05) is 27.7 Å². The van der Waals surface area contributed by atoms with Gasteiger partial charge in [0.05, 0.1) is 5.60 Å². The number of likely N-dealkylation sites (N-methyl/N-ethyl adjacent to an activating group) is 2. The molecular formula is C18H27FN2O2. The molecule has 0 saturated heterocycles. The lowest BCUT2D eigenvalue weighted by molar-refractivity contribution is -0.135. The fourth-order valence-electron chi connectivity index (χ4n) is 3.28. The minimum absolute atomic E-state index is 0.0387. The maximum atomic E-state index is 13.1. The van der Waals surface area contributed by atoms with Crippen molar-refractivity contribution in [3.63, 3.8) is 0 Å². The maximum Gasteiger partial charge on any atom is 0.244 e. The zero-order valence-electron chi connectivity index (χ0n) is 14.3. The van der Waals surface area contributed by atoms with Crippen LogP contribution < -0.4 is 0 Å². The average Bonchev–Trinajstić information content (AvgIpc) is 2.94. The van der Waals surface area contributed by atoms with Gasteiger partial charge in [0, 0.05) is 13.6 Å². The fraction of sp³-hybridized carbons (Fsp3) is 0.611. The molecule has 1 aromatic rings. The first kappa shape index (κ1) is 17.9. The first-order valence-corrected chi connectivity index (χ1v) is 8.22. The summed E-state index contributed by atoms with van der Waals surface area (Å²) in [5.41, 5.74) is 0.158. The number of nitrogens with zero attached hydrogens (tertiary/aromatic N) is 2. The van der Waals surface area contributed by atoms with Gasteiger partial charge in [0.2, 0.25) is 5.91 Å². The number of hydrogen-bond donors (Lipinski definition) is 1. The van der Waals surface area contributed by atoms with Gasteiger partial charge in [0.1, 0.15) is 11.9 Å². The van der Waals surface area contributed by atoms with Crippen molar-refractivity contribution in [1.29, 1.82) is 0 Å². The highest BCUT2D eigenvalue weighted by Gasteiger charge is 2.32. The van der Waals surface area contributed by atoms with Crippen LogP contribution in [0.15, 0.2) is 24.3 Å². The number of halogens is 1. The number of carbonyl (C=O) groups is 1. The lowest BCUT2D eigenvalue weighted by Gasteiger charge is -2.31. The summed E-state index contributed by atoms with van der Waals surface area (Å²) in [7, 11) is 5.44. The molecule has 1 aromatic carbocycles. The van der Waals surface area contributed by atoms with E-state index in [9.17, 15) is 14.3 Å². The van der Waals surface area contributed by atoms with Gasteiger partial charge < -0.3 is 10.0 Å². The third kappa shape index (κ3) is 4.52. The molecule has 0 aromatic heterocycles. The van der Waals surface area contributed by atoms with E-state index in [1.165, 1.54) is 12.1 Å². The van der Waals surface area contributed by atoms with Crippen molar-refractivity contribution in [3.8, 4) is 0 Å². The van der Waals surface area contributed by atoms with Crippen molar-refractivity contribution in [2.24, 2.45) is 0 Å². The lowest BCUT2D eigenvalue weighted by atomic mass is 9.97. The van der Waals surface area contributed by atoms with Gasteiger partial charge in [0.25, 0.3) is 0 Å². The van der Waals surface area contributed by atoms with Gasteiger partial charge >= 0.3 is 0 Å². The van der Waals surface area contributed by atoms with Crippen LogP contribution in [-0.2, 0) is 4.79 Å². The summed E-state index contributed by atoms with van der Waals surface area (Å²) in [5, 5.41) is 10.4. The van der Waals surface area contributed by atoms with Gasteiger partial charge in [-0.2, -0.15) is 0 Å². The largest absolute Gasteiger partial charge is 0.390 e. The number of carbonyl (C=O) groups excluding carboxylic acids is 1. The van der Waals surface area contributed by atoms with Gasteiger partial charge in [-0.25, -0.2) is 4.39 Å². The molecular weight excluding hydrogens is 295 g/mol. The maximum absolute atomic E-state index is 13.1. The van der Waals surface area contributed by atoms with Crippen LogP contribution in [-0.4, -0.2) is 54.1 Å². The van der Waals surface area contributed by atoms with Crippen LogP contribution in [0.25, 0.3) is 0 Å². The van der Waals surface area contributed by atoms with Gasteiger partial charge in [-0.05, 0) is 51.1 Å². The Hall–Kier alpha value is -1.46. The van der Waals surface area contributed by atoms with E-state index in [1.807, 2.05) is 19.0 Å². The van der Waals surface area contributed by atoms with Crippen LogP contribution in [0, 0.1) is 5.82 Å². The van der Waals surface area contributed by atoms with E-state index < -0.39 is 11.6 Å². The molecule has 128 valence electrons. The highest BCUT2D eigenvalue weighted by Crippen LogP contribution is 2.32. The normalized spacial score (nSPS) is 18.2. The molecule has 1 saturated carbocycles. The summed E-state index contributed by atoms with van der Waals surface area (Å²) in [5.74, 6) is -0.348. The number of amides is 1. The number of benzene rings is 1. The highest BCUT2D eigenvalue weighted by atomic mass is 19.1. The smallest absolute Gasteiger partial charge is 0.244 e. The molecule has 1 N–H and O–H groups in total.